The van der Waals surface area contributed by atoms with E-state index in [1.807, 2.05) is 12.4 Å². The Hall–Kier alpha value is -1.35. The van der Waals surface area contributed by atoms with E-state index >= 15 is 0 Å². The van der Waals surface area contributed by atoms with Crippen LogP contribution in [-0.2, 0) is 0 Å². The molecular weight excluding hydrogens is 246 g/mol. The van der Waals surface area contributed by atoms with Gasteiger partial charge in [-0.15, -0.1) is 0 Å². The Balaban J connectivity index is 1.31. The number of fused-ring (bicyclic) bond motifs is 2. The maximum Gasteiger partial charge on any atom is 0.0397 e. The Morgan fingerprint density at radius 1 is 1.00 bits per heavy atom. The Bertz CT molecular complexity index is 476. The van der Waals surface area contributed by atoms with Gasteiger partial charge in [0.1, 0.15) is 0 Å². The maximum absolute atomic E-state index is 4.10. The molecular formula is C17H23N3. The van der Waals surface area contributed by atoms with Gasteiger partial charge < -0.3 is 4.90 Å². The van der Waals surface area contributed by atoms with E-state index in [2.05, 4.69) is 39.1 Å². The minimum atomic E-state index is 0.887. The van der Waals surface area contributed by atoms with Gasteiger partial charge in [0.15, 0.2) is 0 Å². The van der Waals surface area contributed by atoms with Gasteiger partial charge in [0.05, 0.1) is 0 Å². The molecule has 0 N–H and O–H groups in total. The first-order chi connectivity index (χ1) is 9.88. The normalized spacial score (nSPS) is 33.0. The summed E-state index contributed by atoms with van der Waals surface area (Å²) in [6.07, 6.45) is 11.6. The number of allylic oxidation sites excluding steroid dienone is 2. The van der Waals surface area contributed by atoms with Crippen LogP contribution >= 0.6 is 0 Å². The molecule has 1 aromatic heterocycles. The average Bonchev–Trinajstić information content (AvgIpc) is 3.12. The van der Waals surface area contributed by atoms with Crippen molar-refractivity contribution >= 4 is 5.69 Å². The summed E-state index contributed by atoms with van der Waals surface area (Å²) in [7, 11) is 0. The van der Waals surface area contributed by atoms with Crippen LogP contribution in [0.5, 0.6) is 0 Å². The average molecular weight is 269 g/mol. The maximum atomic E-state index is 4.10. The number of rotatable bonds is 3. The SMILES string of the molecule is C1=C[C@H]2C[C@H]1C[C@@H]2CN1CCN(c2ccncc2)CC1. The van der Waals surface area contributed by atoms with Gasteiger partial charge in [-0.3, -0.25) is 9.88 Å². The highest BCUT2D eigenvalue weighted by Crippen LogP contribution is 2.43. The lowest BCUT2D eigenvalue weighted by Crippen LogP contribution is -2.48. The standard InChI is InChI=1S/C17H23N3/c1-2-15-11-14(1)12-16(15)13-19-7-9-20(10-8-19)17-3-5-18-6-4-17/h1-6,14-16H,7-13H2/t14-,15-,16+/m0/s1. The summed E-state index contributed by atoms with van der Waals surface area (Å²) in [5.74, 6) is 2.72. The molecule has 2 heterocycles. The third-order valence-corrected chi connectivity index (χ3v) is 5.31. The van der Waals surface area contributed by atoms with E-state index in [9.17, 15) is 0 Å². The molecule has 3 aliphatic rings. The Kier molecular flexibility index (Phi) is 3.23. The van der Waals surface area contributed by atoms with Gasteiger partial charge in [0.2, 0.25) is 0 Å². The lowest BCUT2D eigenvalue weighted by molar-refractivity contribution is 0.204. The molecule has 0 spiro atoms. The lowest BCUT2D eigenvalue weighted by Gasteiger charge is -2.38. The first-order valence-corrected chi connectivity index (χ1v) is 7.94. The molecule has 0 amide bonds. The predicted octanol–water partition coefficient (Wildman–Crippen LogP) is 2.42. The molecule has 0 radical (unpaired) electrons. The Labute approximate surface area is 121 Å². The van der Waals surface area contributed by atoms with Crippen LogP contribution in [0.1, 0.15) is 12.8 Å². The fourth-order valence-corrected chi connectivity index (χ4v) is 4.18. The number of nitrogens with zero attached hydrogens (tertiary/aromatic N) is 3. The van der Waals surface area contributed by atoms with Gasteiger partial charge in [-0.25, -0.2) is 0 Å². The fourth-order valence-electron chi connectivity index (χ4n) is 4.18. The van der Waals surface area contributed by atoms with Crippen LogP contribution in [-0.4, -0.2) is 42.6 Å². The topological polar surface area (TPSA) is 19.4 Å². The largest absolute Gasteiger partial charge is 0.369 e. The number of anilines is 1. The molecule has 2 bridgehead atoms. The van der Waals surface area contributed by atoms with Gasteiger partial charge in [0.25, 0.3) is 0 Å². The summed E-state index contributed by atoms with van der Waals surface area (Å²) in [4.78, 5) is 9.26. The number of pyridine rings is 1. The second-order valence-electron chi connectivity index (χ2n) is 6.53. The van der Waals surface area contributed by atoms with Crippen molar-refractivity contribution in [2.45, 2.75) is 12.8 Å². The van der Waals surface area contributed by atoms with Crippen molar-refractivity contribution in [2.24, 2.45) is 17.8 Å². The molecule has 2 aliphatic carbocycles. The van der Waals surface area contributed by atoms with E-state index in [0.29, 0.717) is 0 Å². The third-order valence-electron chi connectivity index (χ3n) is 5.31. The first-order valence-electron chi connectivity index (χ1n) is 7.94. The van der Waals surface area contributed by atoms with Crippen LogP contribution < -0.4 is 4.90 Å². The molecule has 1 saturated carbocycles. The zero-order valence-corrected chi connectivity index (χ0v) is 12.0. The molecule has 20 heavy (non-hydrogen) atoms. The third kappa shape index (κ3) is 2.35. The highest BCUT2D eigenvalue weighted by atomic mass is 15.3. The molecule has 3 nitrogen and oxygen atoms in total. The molecule has 2 fully saturated rings. The second-order valence-corrected chi connectivity index (χ2v) is 6.53. The van der Waals surface area contributed by atoms with Gasteiger partial charge in [-0.05, 0) is 42.7 Å². The van der Waals surface area contributed by atoms with Gasteiger partial charge in [0, 0.05) is 50.8 Å². The van der Waals surface area contributed by atoms with E-state index in [1.165, 1.54) is 38.2 Å². The van der Waals surface area contributed by atoms with E-state index in [-0.39, 0.29) is 0 Å². The highest BCUT2D eigenvalue weighted by Gasteiger charge is 2.36. The summed E-state index contributed by atoms with van der Waals surface area (Å²) < 4.78 is 0. The summed E-state index contributed by atoms with van der Waals surface area (Å²) in [5.41, 5.74) is 1.32. The minimum Gasteiger partial charge on any atom is -0.369 e. The van der Waals surface area contributed by atoms with Crippen LogP contribution in [0.2, 0.25) is 0 Å². The van der Waals surface area contributed by atoms with E-state index in [4.69, 9.17) is 0 Å². The molecule has 3 atom stereocenters. The van der Waals surface area contributed by atoms with Crippen molar-refractivity contribution in [3.8, 4) is 0 Å². The quantitative estimate of drug-likeness (QED) is 0.786. The first kappa shape index (κ1) is 12.4. The van der Waals surface area contributed by atoms with Crippen molar-refractivity contribution in [2.75, 3.05) is 37.6 Å². The van der Waals surface area contributed by atoms with Gasteiger partial charge in [-0.2, -0.15) is 0 Å². The predicted molar refractivity (Wildman–Crippen MR) is 81.7 cm³/mol. The molecule has 0 aromatic carbocycles. The van der Waals surface area contributed by atoms with Crippen molar-refractivity contribution in [3.05, 3.63) is 36.7 Å². The number of aromatic nitrogens is 1. The Morgan fingerprint density at radius 2 is 1.80 bits per heavy atom. The molecule has 1 aliphatic heterocycles. The number of piperazine rings is 1. The van der Waals surface area contributed by atoms with Crippen LogP contribution in [0.15, 0.2) is 36.7 Å². The van der Waals surface area contributed by atoms with Crippen LogP contribution in [0.4, 0.5) is 5.69 Å². The van der Waals surface area contributed by atoms with Crippen LogP contribution in [0, 0.1) is 17.8 Å². The summed E-state index contributed by atoms with van der Waals surface area (Å²) in [6.45, 7) is 6.04. The summed E-state index contributed by atoms with van der Waals surface area (Å²) >= 11 is 0. The zero-order valence-electron chi connectivity index (χ0n) is 12.0. The van der Waals surface area contributed by atoms with E-state index in [0.717, 1.165) is 30.8 Å². The summed E-state index contributed by atoms with van der Waals surface area (Å²) in [5, 5.41) is 0. The molecule has 4 rings (SSSR count). The fraction of sp³-hybridized carbons (Fsp3) is 0.588. The lowest BCUT2D eigenvalue weighted by atomic mass is 9.93. The zero-order chi connectivity index (χ0) is 13.4. The van der Waals surface area contributed by atoms with E-state index in [1.54, 1.807) is 0 Å². The van der Waals surface area contributed by atoms with Crippen molar-refractivity contribution < 1.29 is 0 Å². The second kappa shape index (κ2) is 5.21. The monoisotopic (exact) mass is 269 g/mol. The smallest absolute Gasteiger partial charge is 0.0397 e. The number of hydrogen-bond donors (Lipinski definition) is 0. The van der Waals surface area contributed by atoms with E-state index < -0.39 is 0 Å². The van der Waals surface area contributed by atoms with Crippen molar-refractivity contribution in [1.82, 2.24) is 9.88 Å². The number of hydrogen-bond acceptors (Lipinski definition) is 3. The Morgan fingerprint density at radius 3 is 2.45 bits per heavy atom. The molecule has 1 saturated heterocycles. The van der Waals surface area contributed by atoms with Crippen LogP contribution in [0.3, 0.4) is 0 Å². The van der Waals surface area contributed by atoms with Gasteiger partial charge in [-0.1, -0.05) is 12.2 Å². The van der Waals surface area contributed by atoms with Crippen LogP contribution in [0.25, 0.3) is 0 Å². The highest BCUT2D eigenvalue weighted by molar-refractivity contribution is 5.44. The molecule has 3 heteroatoms. The van der Waals surface area contributed by atoms with Gasteiger partial charge >= 0.3 is 0 Å². The summed E-state index contributed by atoms with van der Waals surface area (Å²) in [6, 6.07) is 4.24. The van der Waals surface area contributed by atoms with Crippen molar-refractivity contribution in [1.29, 1.82) is 0 Å². The molecule has 0 unspecified atom stereocenters. The molecule has 106 valence electrons. The van der Waals surface area contributed by atoms with Crippen molar-refractivity contribution in [3.63, 3.8) is 0 Å². The minimum absolute atomic E-state index is 0.887. The molecule has 1 aromatic rings.